The Morgan fingerprint density at radius 3 is 2.61 bits per heavy atom. The summed E-state index contributed by atoms with van der Waals surface area (Å²) >= 11 is 0. The van der Waals surface area contributed by atoms with E-state index in [1.807, 2.05) is 12.1 Å². The SMILES string of the molecule is C[C@@H](NC(=O)CN1CCc2ccccc21)[C@@H](c1ccccc1)[NH+]1CCOCC1. The number of carbonyl (C=O) groups excluding carboxylic acids is 1. The quantitative estimate of drug-likeness (QED) is 0.792. The smallest absolute Gasteiger partial charge is 0.239 e. The summed E-state index contributed by atoms with van der Waals surface area (Å²) in [6, 6.07) is 19.2. The molecule has 1 saturated heterocycles. The molecule has 2 heterocycles. The Morgan fingerprint density at radius 1 is 1.11 bits per heavy atom. The monoisotopic (exact) mass is 380 g/mol. The van der Waals surface area contributed by atoms with E-state index in [2.05, 4.69) is 59.6 Å². The fourth-order valence-corrected chi connectivity index (χ4v) is 4.61. The molecule has 2 aromatic rings. The lowest BCUT2D eigenvalue weighted by atomic mass is 9.98. The van der Waals surface area contributed by atoms with Gasteiger partial charge in [-0.1, -0.05) is 48.5 Å². The minimum absolute atomic E-state index is 0.0563. The van der Waals surface area contributed by atoms with Crippen molar-refractivity contribution in [3.8, 4) is 0 Å². The Hall–Kier alpha value is -2.37. The normalized spacial score (nSPS) is 19.1. The molecule has 2 aliphatic heterocycles. The van der Waals surface area contributed by atoms with Gasteiger partial charge in [-0.15, -0.1) is 0 Å². The number of fused-ring (bicyclic) bond motifs is 1. The fourth-order valence-electron chi connectivity index (χ4n) is 4.61. The van der Waals surface area contributed by atoms with Crippen molar-refractivity contribution in [1.29, 1.82) is 0 Å². The number of nitrogens with zero attached hydrogens (tertiary/aromatic N) is 1. The van der Waals surface area contributed by atoms with Gasteiger partial charge in [0.25, 0.3) is 0 Å². The molecule has 4 rings (SSSR count). The molecule has 148 valence electrons. The van der Waals surface area contributed by atoms with Gasteiger partial charge >= 0.3 is 0 Å². The van der Waals surface area contributed by atoms with Crippen LogP contribution in [0.15, 0.2) is 54.6 Å². The van der Waals surface area contributed by atoms with E-state index in [4.69, 9.17) is 4.74 Å². The summed E-state index contributed by atoms with van der Waals surface area (Å²) < 4.78 is 5.55. The minimum atomic E-state index is 0.0563. The van der Waals surface area contributed by atoms with Gasteiger partial charge in [-0.25, -0.2) is 0 Å². The summed E-state index contributed by atoms with van der Waals surface area (Å²) in [5.74, 6) is 0.0952. The van der Waals surface area contributed by atoms with Crippen molar-refractivity contribution < 1.29 is 14.4 Å². The maximum atomic E-state index is 12.9. The van der Waals surface area contributed by atoms with E-state index >= 15 is 0 Å². The second kappa shape index (κ2) is 8.76. The van der Waals surface area contributed by atoms with Gasteiger partial charge in [-0.3, -0.25) is 4.79 Å². The number of hydrogen-bond acceptors (Lipinski definition) is 3. The molecule has 0 spiro atoms. The summed E-state index contributed by atoms with van der Waals surface area (Å²) in [5.41, 5.74) is 3.81. The van der Waals surface area contributed by atoms with Gasteiger partial charge in [0.1, 0.15) is 19.1 Å². The number of quaternary nitrogens is 1. The predicted molar refractivity (Wildman–Crippen MR) is 111 cm³/mol. The number of hydrogen-bond donors (Lipinski definition) is 2. The first-order valence-corrected chi connectivity index (χ1v) is 10.3. The highest BCUT2D eigenvalue weighted by Gasteiger charge is 2.32. The van der Waals surface area contributed by atoms with Crippen LogP contribution in [0.4, 0.5) is 5.69 Å². The van der Waals surface area contributed by atoms with Crippen LogP contribution in [0.3, 0.4) is 0 Å². The zero-order chi connectivity index (χ0) is 19.3. The Bertz CT molecular complexity index is 789. The molecule has 1 amide bonds. The molecule has 5 heteroatoms. The van der Waals surface area contributed by atoms with Crippen LogP contribution in [0.5, 0.6) is 0 Å². The number of morpholine rings is 1. The summed E-state index contributed by atoms with van der Waals surface area (Å²) in [6.07, 6.45) is 1.02. The second-order valence-corrected chi connectivity index (χ2v) is 7.82. The number of carbonyl (C=O) groups is 1. The number of benzene rings is 2. The molecular formula is C23H30N3O2+. The fraction of sp³-hybridized carbons (Fsp3) is 0.435. The number of rotatable bonds is 6. The average molecular weight is 381 g/mol. The predicted octanol–water partition coefficient (Wildman–Crippen LogP) is 1.21. The van der Waals surface area contributed by atoms with Gasteiger partial charge in [-0.2, -0.15) is 0 Å². The molecule has 5 nitrogen and oxygen atoms in total. The van der Waals surface area contributed by atoms with Crippen LogP contribution in [0.2, 0.25) is 0 Å². The third-order valence-electron chi connectivity index (χ3n) is 5.94. The van der Waals surface area contributed by atoms with Crippen molar-refractivity contribution in [2.75, 3.05) is 44.3 Å². The summed E-state index contributed by atoms with van der Waals surface area (Å²) in [5, 5.41) is 3.29. The minimum Gasteiger partial charge on any atom is -0.370 e. The van der Waals surface area contributed by atoms with Gasteiger partial charge in [-0.05, 0) is 25.0 Å². The van der Waals surface area contributed by atoms with E-state index in [0.717, 1.165) is 39.3 Å². The Kier molecular flexibility index (Phi) is 5.93. The Morgan fingerprint density at radius 2 is 1.82 bits per heavy atom. The van der Waals surface area contributed by atoms with Crippen molar-refractivity contribution in [2.24, 2.45) is 0 Å². The molecule has 2 aromatic carbocycles. The molecule has 28 heavy (non-hydrogen) atoms. The molecule has 0 saturated carbocycles. The van der Waals surface area contributed by atoms with Crippen LogP contribution in [-0.2, 0) is 16.0 Å². The zero-order valence-corrected chi connectivity index (χ0v) is 16.6. The molecule has 0 bridgehead atoms. The van der Waals surface area contributed by atoms with E-state index in [9.17, 15) is 4.79 Å². The highest BCUT2D eigenvalue weighted by Crippen LogP contribution is 2.26. The number of ether oxygens (including phenoxy) is 1. The first-order valence-electron chi connectivity index (χ1n) is 10.3. The Balaban J connectivity index is 1.44. The second-order valence-electron chi connectivity index (χ2n) is 7.82. The average Bonchev–Trinajstić information content (AvgIpc) is 3.12. The van der Waals surface area contributed by atoms with Gasteiger partial charge in [0.05, 0.1) is 25.8 Å². The maximum absolute atomic E-state index is 12.9. The van der Waals surface area contributed by atoms with Crippen LogP contribution >= 0.6 is 0 Å². The third-order valence-corrected chi connectivity index (χ3v) is 5.94. The summed E-state index contributed by atoms with van der Waals surface area (Å²) in [6.45, 7) is 6.97. The lowest BCUT2D eigenvalue weighted by molar-refractivity contribution is -0.940. The van der Waals surface area contributed by atoms with E-state index in [1.54, 1.807) is 0 Å². The molecule has 1 fully saturated rings. The first kappa shape index (κ1) is 19.0. The highest BCUT2D eigenvalue weighted by molar-refractivity contribution is 5.82. The van der Waals surface area contributed by atoms with Crippen molar-refractivity contribution >= 4 is 11.6 Å². The molecule has 0 aromatic heterocycles. The standard InChI is InChI=1S/C23H29N3O2/c1-18(23(20-8-3-2-4-9-20)25-13-15-28-16-14-25)24-22(27)17-26-12-11-19-7-5-6-10-21(19)26/h2-10,18,23H,11-17H2,1H3,(H,24,27)/p+1/t18-,23+/m1/s1. The van der Waals surface area contributed by atoms with Crippen molar-refractivity contribution in [3.05, 3.63) is 65.7 Å². The highest BCUT2D eigenvalue weighted by atomic mass is 16.5. The van der Waals surface area contributed by atoms with Crippen LogP contribution in [-0.4, -0.2) is 51.3 Å². The zero-order valence-electron chi connectivity index (χ0n) is 16.6. The molecule has 0 aliphatic carbocycles. The number of anilines is 1. The van der Waals surface area contributed by atoms with Crippen molar-refractivity contribution in [3.63, 3.8) is 0 Å². The van der Waals surface area contributed by atoms with E-state index in [-0.39, 0.29) is 18.0 Å². The van der Waals surface area contributed by atoms with Gasteiger partial charge in [0, 0.05) is 17.8 Å². The van der Waals surface area contributed by atoms with E-state index in [1.165, 1.54) is 21.7 Å². The van der Waals surface area contributed by atoms with Crippen LogP contribution in [0.25, 0.3) is 0 Å². The molecule has 0 radical (unpaired) electrons. The van der Waals surface area contributed by atoms with Gasteiger partial charge in [0.2, 0.25) is 5.91 Å². The van der Waals surface area contributed by atoms with Crippen LogP contribution in [0.1, 0.15) is 24.1 Å². The maximum Gasteiger partial charge on any atom is 0.239 e. The molecule has 2 aliphatic rings. The lowest BCUT2D eigenvalue weighted by Crippen LogP contribution is -3.15. The molecule has 2 atom stereocenters. The van der Waals surface area contributed by atoms with E-state index < -0.39 is 0 Å². The number of amides is 1. The summed E-state index contributed by atoms with van der Waals surface area (Å²) in [7, 11) is 0. The molecule has 2 N–H and O–H groups in total. The van der Waals surface area contributed by atoms with Crippen molar-refractivity contribution in [1.82, 2.24) is 5.32 Å². The molecular weight excluding hydrogens is 350 g/mol. The first-order chi connectivity index (χ1) is 13.7. The van der Waals surface area contributed by atoms with Gasteiger partial charge in [0.15, 0.2) is 0 Å². The van der Waals surface area contributed by atoms with Crippen LogP contribution in [0, 0.1) is 0 Å². The van der Waals surface area contributed by atoms with E-state index in [0.29, 0.717) is 6.54 Å². The molecule has 0 unspecified atom stereocenters. The topological polar surface area (TPSA) is 46.0 Å². The number of nitrogens with one attached hydrogen (secondary N) is 2. The third kappa shape index (κ3) is 4.21. The van der Waals surface area contributed by atoms with Crippen LogP contribution < -0.4 is 15.1 Å². The number of para-hydroxylation sites is 1. The van der Waals surface area contributed by atoms with Crippen molar-refractivity contribution in [2.45, 2.75) is 25.4 Å². The largest absolute Gasteiger partial charge is 0.370 e. The summed E-state index contributed by atoms with van der Waals surface area (Å²) in [4.78, 5) is 16.5. The lowest BCUT2D eigenvalue weighted by Gasteiger charge is -2.35. The Labute approximate surface area is 167 Å². The van der Waals surface area contributed by atoms with Gasteiger partial charge < -0.3 is 19.9 Å².